The lowest BCUT2D eigenvalue weighted by molar-refractivity contribution is -0.947. The van der Waals surface area contributed by atoms with Gasteiger partial charge in [0.15, 0.2) is 0 Å². The Hall–Kier alpha value is -0.200. The Balaban J connectivity index is 1.32. The minimum absolute atomic E-state index is 0.283. The van der Waals surface area contributed by atoms with Crippen molar-refractivity contribution in [1.82, 2.24) is 0 Å². The Morgan fingerprint density at radius 3 is 2.28 bits per heavy atom. The van der Waals surface area contributed by atoms with Gasteiger partial charge in [-0.2, -0.15) is 0 Å². The quantitative estimate of drug-likeness (QED) is 0.801. The Morgan fingerprint density at radius 2 is 1.52 bits per heavy atom. The molecule has 0 radical (unpaired) electrons. The molecule has 5 heteroatoms. The predicted molar refractivity (Wildman–Crippen MR) is 92.4 cm³/mol. The van der Waals surface area contributed by atoms with Crippen LogP contribution < -0.4 is 4.90 Å². The second-order valence-corrected chi connectivity index (χ2v) is 9.21. The number of fused-ring (bicyclic) bond motifs is 5. The third-order valence-corrected chi connectivity index (χ3v) is 8.34. The van der Waals surface area contributed by atoms with Crippen LogP contribution in [0, 0.1) is 23.7 Å². The average molecular weight is 352 g/mol. The molecule has 142 valence electrons. The Bertz CT molecular complexity index is 488. The van der Waals surface area contributed by atoms with E-state index in [0.29, 0.717) is 25.1 Å². The Morgan fingerprint density at radius 1 is 0.800 bits per heavy atom. The normalized spacial score (nSPS) is 55.0. The monoisotopic (exact) mass is 352 g/mol. The van der Waals surface area contributed by atoms with Gasteiger partial charge in [-0.3, -0.25) is 0 Å². The maximum absolute atomic E-state index is 5.85. The zero-order valence-corrected chi connectivity index (χ0v) is 15.7. The molecule has 0 aromatic rings. The molecule has 0 amide bonds. The molecule has 10 atom stereocenters. The fourth-order valence-corrected chi connectivity index (χ4v) is 7.06. The molecule has 0 bridgehead atoms. The van der Waals surface area contributed by atoms with Crippen LogP contribution in [-0.2, 0) is 18.9 Å². The highest BCUT2D eigenvalue weighted by molar-refractivity contribution is 4.97. The summed E-state index contributed by atoms with van der Waals surface area (Å²) in [6, 6.07) is 0.828. The molecule has 5 aliphatic rings. The molecule has 10 unspecified atom stereocenters. The van der Waals surface area contributed by atoms with E-state index < -0.39 is 0 Å². The van der Waals surface area contributed by atoms with Crippen molar-refractivity contribution in [3.63, 3.8) is 0 Å². The molecular formula is C20H34NO4+. The number of methoxy groups -OCH3 is 2. The minimum Gasteiger partial charge on any atom is -0.379 e. The van der Waals surface area contributed by atoms with Gasteiger partial charge in [0.25, 0.3) is 0 Å². The summed E-state index contributed by atoms with van der Waals surface area (Å²) in [6.45, 7) is 3.23. The minimum atomic E-state index is 0.283. The molecule has 1 N–H and O–H groups in total. The van der Waals surface area contributed by atoms with E-state index in [4.69, 9.17) is 18.9 Å². The maximum Gasteiger partial charge on any atom is 0.147 e. The van der Waals surface area contributed by atoms with Gasteiger partial charge >= 0.3 is 0 Å². The second kappa shape index (κ2) is 6.75. The first kappa shape index (κ1) is 16.9. The largest absolute Gasteiger partial charge is 0.379 e. The molecule has 0 aromatic heterocycles. The number of quaternary nitrogens is 1. The van der Waals surface area contributed by atoms with Gasteiger partial charge in [-0.25, -0.2) is 0 Å². The molecule has 3 aliphatic heterocycles. The van der Waals surface area contributed by atoms with E-state index >= 15 is 0 Å². The van der Waals surface area contributed by atoms with Crippen LogP contribution in [0.15, 0.2) is 0 Å². The molecule has 3 saturated heterocycles. The van der Waals surface area contributed by atoms with Crippen molar-refractivity contribution in [1.29, 1.82) is 0 Å². The van der Waals surface area contributed by atoms with Crippen LogP contribution in [0.5, 0.6) is 0 Å². The van der Waals surface area contributed by atoms with Crippen molar-refractivity contribution in [3.05, 3.63) is 0 Å². The standard InChI is InChI=1S/C20H33NO4/c1-22-17-6-12-3-4-21-10-14-8-20-19(24-11-25-20)7-13(14)5-16(21)15(12)9-18(17)23-2/h12-20H,3-11H2,1-2H3/p+1. The van der Waals surface area contributed by atoms with E-state index in [1.54, 1.807) is 0 Å². The fourth-order valence-electron chi connectivity index (χ4n) is 7.06. The molecule has 2 saturated carbocycles. The molecule has 5 nitrogen and oxygen atoms in total. The SMILES string of the molecule is COC1CC2CC[NH+]3CC4CC5OCOC5CC4CC3C2CC1OC. The van der Waals surface area contributed by atoms with Crippen molar-refractivity contribution in [3.8, 4) is 0 Å². The highest BCUT2D eigenvalue weighted by Crippen LogP contribution is 2.44. The molecule has 2 aliphatic carbocycles. The van der Waals surface area contributed by atoms with Crippen LogP contribution in [0.2, 0.25) is 0 Å². The molecule has 0 aromatic carbocycles. The van der Waals surface area contributed by atoms with Gasteiger partial charge < -0.3 is 23.8 Å². The van der Waals surface area contributed by atoms with Crippen molar-refractivity contribution in [2.75, 3.05) is 34.1 Å². The van der Waals surface area contributed by atoms with Gasteiger partial charge in [0.05, 0.1) is 43.5 Å². The lowest BCUT2D eigenvalue weighted by Gasteiger charge is -2.54. The third kappa shape index (κ3) is 2.87. The first-order valence-corrected chi connectivity index (χ1v) is 10.4. The fraction of sp³-hybridized carbons (Fsp3) is 1.00. The van der Waals surface area contributed by atoms with Crippen LogP contribution in [0.4, 0.5) is 0 Å². The molecule has 25 heavy (non-hydrogen) atoms. The van der Waals surface area contributed by atoms with Crippen molar-refractivity contribution >= 4 is 0 Å². The summed E-state index contributed by atoms with van der Waals surface area (Å²) >= 11 is 0. The van der Waals surface area contributed by atoms with Crippen molar-refractivity contribution < 1.29 is 23.8 Å². The highest BCUT2D eigenvalue weighted by Gasteiger charge is 2.53. The van der Waals surface area contributed by atoms with E-state index in [9.17, 15) is 0 Å². The van der Waals surface area contributed by atoms with Gasteiger partial charge in [0.1, 0.15) is 6.79 Å². The van der Waals surface area contributed by atoms with Gasteiger partial charge in [-0.05, 0) is 43.9 Å². The van der Waals surface area contributed by atoms with Crippen LogP contribution in [0.25, 0.3) is 0 Å². The van der Waals surface area contributed by atoms with Crippen LogP contribution in [0.1, 0.15) is 38.5 Å². The summed E-state index contributed by atoms with van der Waals surface area (Å²) in [5.41, 5.74) is 0. The number of hydrogen-bond donors (Lipinski definition) is 1. The summed E-state index contributed by atoms with van der Waals surface area (Å²) in [5.74, 6) is 3.35. The molecule has 5 fully saturated rings. The molecule has 0 spiro atoms. The first-order valence-electron chi connectivity index (χ1n) is 10.4. The summed E-state index contributed by atoms with van der Waals surface area (Å²) in [6.07, 6.45) is 8.93. The van der Waals surface area contributed by atoms with Gasteiger partial charge in [0, 0.05) is 32.5 Å². The summed E-state index contributed by atoms with van der Waals surface area (Å²) in [7, 11) is 3.71. The number of piperidine rings is 2. The zero-order valence-electron chi connectivity index (χ0n) is 15.7. The number of rotatable bonds is 2. The van der Waals surface area contributed by atoms with Crippen LogP contribution >= 0.6 is 0 Å². The lowest BCUT2D eigenvalue weighted by Crippen LogP contribution is -3.19. The number of ether oxygens (including phenoxy) is 4. The maximum atomic E-state index is 5.85. The summed E-state index contributed by atoms with van der Waals surface area (Å²) in [5, 5.41) is 0. The van der Waals surface area contributed by atoms with Crippen molar-refractivity contribution in [2.24, 2.45) is 23.7 Å². The average Bonchev–Trinajstić information content (AvgIpc) is 3.10. The summed E-state index contributed by atoms with van der Waals surface area (Å²) < 4.78 is 23.2. The predicted octanol–water partition coefficient (Wildman–Crippen LogP) is 0.871. The van der Waals surface area contributed by atoms with E-state index in [0.717, 1.165) is 29.7 Å². The first-order chi connectivity index (χ1) is 12.3. The van der Waals surface area contributed by atoms with E-state index in [1.807, 2.05) is 19.1 Å². The third-order valence-electron chi connectivity index (χ3n) is 8.34. The Kier molecular flexibility index (Phi) is 4.58. The second-order valence-electron chi connectivity index (χ2n) is 9.21. The number of nitrogens with one attached hydrogen (secondary N) is 1. The van der Waals surface area contributed by atoms with Gasteiger partial charge in [-0.15, -0.1) is 0 Å². The van der Waals surface area contributed by atoms with E-state index in [1.165, 1.54) is 51.6 Å². The topological polar surface area (TPSA) is 41.4 Å². The van der Waals surface area contributed by atoms with E-state index in [2.05, 4.69) is 0 Å². The molecule has 3 heterocycles. The molecular weight excluding hydrogens is 318 g/mol. The van der Waals surface area contributed by atoms with Crippen LogP contribution in [-0.4, -0.2) is 64.6 Å². The Labute approximate surface area is 151 Å². The zero-order chi connectivity index (χ0) is 17.0. The van der Waals surface area contributed by atoms with E-state index in [-0.39, 0.29) is 6.10 Å². The molecule has 5 rings (SSSR count). The van der Waals surface area contributed by atoms with Crippen LogP contribution in [0.3, 0.4) is 0 Å². The summed E-state index contributed by atoms with van der Waals surface area (Å²) in [4.78, 5) is 1.88. The van der Waals surface area contributed by atoms with Gasteiger partial charge in [-0.1, -0.05) is 0 Å². The number of hydrogen-bond acceptors (Lipinski definition) is 4. The van der Waals surface area contributed by atoms with Gasteiger partial charge in [0.2, 0.25) is 0 Å². The van der Waals surface area contributed by atoms with Crippen molar-refractivity contribution in [2.45, 2.75) is 69.0 Å². The smallest absolute Gasteiger partial charge is 0.147 e. The lowest BCUT2D eigenvalue weighted by atomic mass is 9.62. The highest BCUT2D eigenvalue weighted by atomic mass is 16.7.